The molecule has 0 aliphatic heterocycles. The molecule has 0 unspecified atom stereocenters. The molecular weight excluding hydrogens is 120 g/mol. The summed E-state index contributed by atoms with van der Waals surface area (Å²) >= 11 is 0. The number of anilines is 1. The molecule has 0 radical (unpaired) electrons. The van der Waals surface area contributed by atoms with Crippen molar-refractivity contribution < 1.29 is 4.74 Å². The Morgan fingerprint density at radius 2 is 2.56 bits per heavy atom. The molecule has 0 spiro atoms. The predicted octanol–water partition coefficient (Wildman–Crippen LogP) is -0.214. The fourth-order valence-corrected chi connectivity index (χ4v) is 0.460. The molecule has 0 amide bonds. The molecule has 3 N–H and O–H groups in total. The first-order chi connectivity index (χ1) is 4.33. The summed E-state index contributed by atoms with van der Waals surface area (Å²) in [5.74, 6) is 0.207. The number of hydrogen-bond donors (Lipinski definition) is 2. The minimum atomic E-state index is 0.207. The van der Waals surface area contributed by atoms with Crippen LogP contribution in [0.2, 0.25) is 0 Å². The van der Waals surface area contributed by atoms with Gasteiger partial charge in [-0.1, -0.05) is 0 Å². The maximum atomic E-state index is 5.18. The van der Waals surface area contributed by atoms with Gasteiger partial charge >= 0.3 is 6.01 Å². The molecule has 5 nitrogen and oxygen atoms in total. The van der Waals surface area contributed by atoms with Gasteiger partial charge in [0.15, 0.2) is 0 Å². The molecule has 0 aromatic carbocycles. The zero-order valence-corrected chi connectivity index (χ0v) is 5.09. The van der Waals surface area contributed by atoms with Gasteiger partial charge in [-0.3, -0.25) is 0 Å². The number of hydrogen-bond acceptors (Lipinski definition) is 4. The molecule has 1 aromatic rings. The summed E-state index contributed by atoms with van der Waals surface area (Å²) in [5, 5.41) is 6.05. The molecule has 0 atom stereocenters. The van der Waals surface area contributed by atoms with Crippen LogP contribution in [0.3, 0.4) is 0 Å². The van der Waals surface area contributed by atoms with Gasteiger partial charge in [0.1, 0.15) is 0 Å². The number of aromatic amines is 1. The van der Waals surface area contributed by atoms with Crippen LogP contribution in [0, 0.1) is 0 Å². The van der Waals surface area contributed by atoms with Gasteiger partial charge in [-0.15, -0.1) is 5.10 Å². The van der Waals surface area contributed by atoms with Crippen LogP contribution in [0.4, 0.5) is 5.95 Å². The summed E-state index contributed by atoms with van der Waals surface area (Å²) in [6, 6.07) is 0.370. The standard InChI is InChI=1S/C4H8N4O/c1-2-9-4-6-3(5)7-8-4/h2H2,1H3,(H3,5,6,7,8). The second-order valence-electron chi connectivity index (χ2n) is 1.43. The number of ether oxygens (including phenoxy) is 1. The van der Waals surface area contributed by atoms with Crippen molar-refractivity contribution in [1.29, 1.82) is 0 Å². The molecule has 0 saturated carbocycles. The van der Waals surface area contributed by atoms with Crippen LogP contribution in [0.15, 0.2) is 0 Å². The van der Waals surface area contributed by atoms with Crippen molar-refractivity contribution in [3.8, 4) is 6.01 Å². The molecule has 5 heteroatoms. The fraction of sp³-hybridized carbons (Fsp3) is 0.500. The molecule has 1 aromatic heterocycles. The van der Waals surface area contributed by atoms with Crippen molar-refractivity contribution in [3.63, 3.8) is 0 Å². The van der Waals surface area contributed by atoms with Gasteiger partial charge in [0, 0.05) is 0 Å². The highest BCUT2D eigenvalue weighted by molar-refractivity contribution is 5.14. The van der Waals surface area contributed by atoms with E-state index in [9.17, 15) is 0 Å². The molecule has 0 saturated heterocycles. The van der Waals surface area contributed by atoms with E-state index in [-0.39, 0.29) is 5.95 Å². The van der Waals surface area contributed by atoms with Gasteiger partial charge < -0.3 is 10.5 Å². The number of nitrogens with zero attached hydrogens (tertiary/aromatic N) is 2. The Kier molecular flexibility index (Phi) is 1.53. The number of aromatic nitrogens is 3. The minimum absolute atomic E-state index is 0.207. The van der Waals surface area contributed by atoms with E-state index < -0.39 is 0 Å². The molecule has 1 rings (SSSR count). The summed E-state index contributed by atoms with van der Waals surface area (Å²) in [4.78, 5) is 3.69. The van der Waals surface area contributed by atoms with E-state index in [4.69, 9.17) is 10.5 Å². The lowest BCUT2D eigenvalue weighted by Gasteiger charge is -1.91. The maximum absolute atomic E-state index is 5.18. The van der Waals surface area contributed by atoms with Crippen molar-refractivity contribution in [3.05, 3.63) is 0 Å². The maximum Gasteiger partial charge on any atom is 0.313 e. The van der Waals surface area contributed by atoms with Crippen molar-refractivity contribution in [1.82, 2.24) is 15.2 Å². The van der Waals surface area contributed by atoms with E-state index in [1.54, 1.807) is 0 Å². The minimum Gasteiger partial charge on any atom is -0.464 e. The molecule has 1 heterocycles. The van der Waals surface area contributed by atoms with Crippen molar-refractivity contribution in [2.45, 2.75) is 6.92 Å². The van der Waals surface area contributed by atoms with Crippen LogP contribution in [0.1, 0.15) is 6.92 Å². The average molecular weight is 128 g/mol. The predicted molar refractivity (Wildman–Crippen MR) is 32.0 cm³/mol. The molecule has 9 heavy (non-hydrogen) atoms. The highest BCUT2D eigenvalue weighted by Crippen LogP contribution is 2.00. The zero-order chi connectivity index (χ0) is 6.69. The van der Waals surface area contributed by atoms with Gasteiger partial charge in [0.05, 0.1) is 6.61 Å². The second-order valence-corrected chi connectivity index (χ2v) is 1.43. The Morgan fingerprint density at radius 1 is 1.78 bits per heavy atom. The van der Waals surface area contributed by atoms with Gasteiger partial charge in [0.2, 0.25) is 5.95 Å². The first-order valence-electron chi connectivity index (χ1n) is 2.63. The summed E-state index contributed by atoms with van der Waals surface area (Å²) in [7, 11) is 0. The first kappa shape index (κ1) is 5.87. The summed E-state index contributed by atoms with van der Waals surface area (Å²) in [6.45, 7) is 2.42. The van der Waals surface area contributed by atoms with E-state index in [1.807, 2.05) is 6.92 Å². The smallest absolute Gasteiger partial charge is 0.313 e. The molecule has 0 aliphatic carbocycles. The average Bonchev–Trinajstić information content (AvgIpc) is 2.17. The monoisotopic (exact) mass is 128 g/mol. The zero-order valence-electron chi connectivity index (χ0n) is 5.09. The molecule has 50 valence electrons. The largest absolute Gasteiger partial charge is 0.464 e. The third-order valence-corrected chi connectivity index (χ3v) is 0.763. The van der Waals surface area contributed by atoms with Crippen LogP contribution in [0.25, 0.3) is 0 Å². The van der Waals surface area contributed by atoms with E-state index >= 15 is 0 Å². The second kappa shape index (κ2) is 2.34. The lowest BCUT2D eigenvalue weighted by molar-refractivity contribution is 0.314. The van der Waals surface area contributed by atoms with E-state index in [2.05, 4.69) is 15.2 Å². The van der Waals surface area contributed by atoms with Gasteiger partial charge in [-0.2, -0.15) is 4.98 Å². The quantitative estimate of drug-likeness (QED) is 0.577. The Hall–Kier alpha value is -1.26. The normalized spacial score (nSPS) is 9.44. The highest BCUT2D eigenvalue weighted by atomic mass is 16.5. The third-order valence-electron chi connectivity index (χ3n) is 0.763. The summed E-state index contributed by atoms with van der Waals surface area (Å²) in [5.41, 5.74) is 5.18. The molecular formula is C4H8N4O. The molecule has 0 fully saturated rings. The fourth-order valence-electron chi connectivity index (χ4n) is 0.460. The number of nitrogen functional groups attached to an aromatic ring is 1. The lowest BCUT2D eigenvalue weighted by Crippen LogP contribution is -1.92. The van der Waals surface area contributed by atoms with Gasteiger partial charge in [-0.05, 0) is 6.92 Å². The van der Waals surface area contributed by atoms with Crippen LogP contribution >= 0.6 is 0 Å². The van der Waals surface area contributed by atoms with Crippen molar-refractivity contribution >= 4 is 5.95 Å². The number of nitrogens with one attached hydrogen (secondary N) is 1. The van der Waals surface area contributed by atoms with Crippen LogP contribution < -0.4 is 10.5 Å². The Labute approximate surface area is 52.2 Å². The Morgan fingerprint density at radius 3 is 3.00 bits per heavy atom. The van der Waals surface area contributed by atoms with Crippen molar-refractivity contribution in [2.75, 3.05) is 12.3 Å². The summed E-state index contributed by atoms with van der Waals surface area (Å²) in [6.07, 6.45) is 0. The highest BCUT2D eigenvalue weighted by Gasteiger charge is 1.95. The lowest BCUT2D eigenvalue weighted by atomic mass is 10.9. The number of rotatable bonds is 2. The molecule has 0 aliphatic rings. The van der Waals surface area contributed by atoms with E-state index in [1.165, 1.54) is 0 Å². The first-order valence-corrected chi connectivity index (χ1v) is 2.63. The number of H-pyrrole nitrogens is 1. The Bertz CT molecular complexity index is 184. The Balaban J connectivity index is 2.61. The van der Waals surface area contributed by atoms with Gasteiger partial charge in [0.25, 0.3) is 0 Å². The summed E-state index contributed by atoms with van der Waals surface area (Å²) < 4.78 is 4.92. The third kappa shape index (κ3) is 1.31. The topological polar surface area (TPSA) is 76.8 Å². The van der Waals surface area contributed by atoms with Gasteiger partial charge in [-0.25, -0.2) is 5.10 Å². The number of nitrogens with two attached hydrogens (primary N) is 1. The van der Waals surface area contributed by atoms with Crippen LogP contribution in [-0.4, -0.2) is 21.8 Å². The van der Waals surface area contributed by atoms with E-state index in [0.29, 0.717) is 12.6 Å². The van der Waals surface area contributed by atoms with Crippen LogP contribution in [0.5, 0.6) is 6.01 Å². The SMILES string of the molecule is CCOc1nc(N)n[nH]1. The van der Waals surface area contributed by atoms with Crippen molar-refractivity contribution in [2.24, 2.45) is 0 Å². The van der Waals surface area contributed by atoms with Crippen LogP contribution in [-0.2, 0) is 0 Å². The molecule has 0 bridgehead atoms. The van der Waals surface area contributed by atoms with E-state index in [0.717, 1.165) is 0 Å².